The minimum absolute atomic E-state index is 0.105. The second-order valence-electron chi connectivity index (χ2n) is 7.55. The maximum Gasteiger partial charge on any atom is 0.267 e. The number of pyridine rings is 1. The quantitative estimate of drug-likeness (QED) is 0.384. The standard InChI is InChI=1S/C24H18N6OS/c1-16-8-2-4-10-19(16)29-22(31)18-9-3-5-11-20(18)30-23(29)26-27-24(30)32-15-17-14-28-13-7-6-12-21(28)25-17/h2-14H,15H2,1H3. The fourth-order valence-corrected chi connectivity index (χ4v) is 4.82. The zero-order valence-corrected chi connectivity index (χ0v) is 18.0. The summed E-state index contributed by atoms with van der Waals surface area (Å²) < 4.78 is 5.62. The normalized spacial score (nSPS) is 11.7. The number of rotatable bonds is 4. The molecule has 4 heterocycles. The Morgan fingerprint density at radius 1 is 0.938 bits per heavy atom. The van der Waals surface area contributed by atoms with E-state index in [9.17, 15) is 4.79 Å². The van der Waals surface area contributed by atoms with E-state index < -0.39 is 0 Å². The van der Waals surface area contributed by atoms with Gasteiger partial charge < -0.3 is 4.40 Å². The first kappa shape index (κ1) is 18.8. The van der Waals surface area contributed by atoms with Gasteiger partial charge in [-0.2, -0.15) is 0 Å². The SMILES string of the molecule is Cc1ccccc1-n1c(=O)c2ccccc2n2c(SCc3cn4ccccc4n3)nnc12. The lowest BCUT2D eigenvalue weighted by molar-refractivity contribution is 0.927. The van der Waals surface area contributed by atoms with Gasteiger partial charge in [0.15, 0.2) is 5.16 Å². The number of para-hydroxylation sites is 2. The molecule has 7 nitrogen and oxygen atoms in total. The Morgan fingerprint density at radius 3 is 2.62 bits per heavy atom. The Morgan fingerprint density at radius 2 is 1.75 bits per heavy atom. The lowest BCUT2D eigenvalue weighted by atomic mass is 10.2. The van der Waals surface area contributed by atoms with Gasteiger partial charge in [0.1, 0.15) is 5.65 Å². The summed E-state index contributed by atoms with van der Waals surface area (Å²) in [5.74, 6) is 1.14. The van der Waals surface area contributed by atoms with Crippen LogP contribution >= 0.6 is 11.8 Å². The third-order valence-electron chi connectivity index (χ3n) is 5.51. The highest BCUT2D eigenvalue weighted by atomic mass is 32.2. The summed E-state index contributed by atoms with van der Waals surface area (Å²) in [5, 5.41) is 10.2. The molecule has 0 amide bonds. The van der Waals surface area contributed by atoms with E-state index >= 15 is 0 Å². The minimum Gasteiger partial charge on any atom is -0.307 e. The van der Waals surface area contributed by atoms with E-state index in [0.29, 0.717) is 16.9 Å². The van der Waals surface area contributed by atoms with E-state index in [2.05, 4.69) is 15.2 Å². The smallest absolute Gasteiger partial charge is 0.267 e. The van der Waals surface area contributed by atoms with Crippen LogP contribution in [-0.2, 0) is 5.75 Å². The van der Waals surface area contributed by atoms with Crippen LogP contribution in [0, 0.1) is 6.92 Å². The maximum absolute atomic E-state index is 13.4. The van der Waals surface area contributed by atoms with E-state index in [1.807, 2.05) is 94.8 Å². The number of imidazole rings is 1. The number of benzene rings is 2. The van der Waals surface area contributed by atoms with Crippen molar-refractivity contribution in [3.63, 3.8) is 0 Å². The molecule has 0 aliphatic heterocycles. The number of hydrogen-bond acceptors (Lipinski definition) is 5. The van der Waals surface area contributed by atoms with Crippen molar-refractivity contribution in [3.05, 3.63) is 101 Å². The van der Waals surface area contributed by atoms with E-state index in [4.69, 9.17) is 0 Å². The molecule has 0 saturated heterocycles. The van der Waals surface area contributed by atoms with Crippen LogP contribution in [0.25, 0.3) is 28.0 Å². The van der Waals surface area contributed by atoms with Gasteiger partial charge >= 0.3 is 0 Å². The third-order valence-corrected chi connectivity index (χ3v) is 6.48. The van der Waals surface area contributed by atoms with Crippen LogP contribution in [0.2, 0.25) is 0 Å². The van der Waals surface area contributed by atoms with Gasteiger partial charge in [0, 0.05) is 18.1 Å². The molecule has 6 rings (SSSR count). The first-order valence-corrected chi connectivity index (χ1v) is 11.2. The maximum atomic E-state index is 13.4. The van der Waals surface area contributed by atoms with Crippen molar-refractivity contribution in [1.29, 1.82) is 0 Å². The number of hydrogen-bond donors (Lipinski definition) is 0. The first-order valence-electron chi connectivity index (χ1n) is 10.2. The van der Waals surface area contributed by atoms with Gasteiger partial charge in [-0.05, 0) is 42.8 Å². The molecule has 0 aliphatic carbocycles. The zero-order chi connectivity index (χ0) is 21.7. The summed E-state index contributed by atoms with van der Waals surface area (Å²) >= 11 is 1.55. The Labute approximate surface area is 187 Å². The third kappa shape index (κ3) is 2.91. The number of thioether (sulfide) groups is 1. The first-order chi connectivity index (χ1) is 15.7. The second kappa shape index (κ2) is 7.35. The van der Waals surface area contributed by atoms with Crippen molar-refractivity contribution in [1.82, 2.24) is 28.5 Å². The van der Waals surface area contributed by atoms with Gasteiger partial charge in [-0.3, -0.25) is 9.20 Å². The Balaban J connectivity index is 1.53. The number of fused-ring (bicyclic) bond motifs is 4. The molecule has 6 aromatic rings. The summed E-state index contributed by atoms with van der Waals surface area (Å²) in [6.45, 7) is 1.99. The predicted molar refractivity (Wildman–Crippen MR) is 126 cm³/mol. The summed E-state index contributed by atoms with van der Waals surface area (Å²) in [4.78, 5) is 18.1. The highest BCUT2D eigenvalue weighted by molar-refractivity contribution is 7.98. The molecule has 2 aromatic carbocycles. The second-order valence-corrected chi connectivity index (χ2v) is 8.49. The molecule has 0 aliphatic rings. The fraction of sp³-hybridized carbons (Fsp3) is 0.0833. The molecule has 4 aromatic heterocycles. The van der Waals surface area contributed by atoms with Crippen molar-refractivity contribution in [2.75, 3.05) is 0 Å². The topological polar surface area (TPSA) is 69.5 Å². The largest absolute Gasteiger partial charge is 0.307 e. The Hall–Kier alpha value is -3.91. The summed E-state index contributed by atoms with van der Waals surface area (Å²) in [6, 6.07) is 21.3. The van der Waals surface area contributed by atoms with Gasteiger partial charge in [0.25, 0.3) is 5.56 Å². The highest BCUT2D eigenvalue weighted by Crippen LogP contribution is 2.26. The molecular formula is C24H18N6OS. The van der Waals surface area contributed by atoms with E-state index in [1.165, 1.54) is 0 Å². The molecular weight excluding hydrogens is 420 g/mol. The van der Waals surface area contributed by atoms with Crippen LogP contribution in [0.4, 0.5) is 0 Å². The van der Waals surface area contributed by atoms with Crippen molar-refractivity contribution in [2.45, 2.75) is 17.8 Å². The number of aryl methyl sites for hydroxylation is 1. The van der Waals surface area contributed by atoms with Crippen molar-refractivity contribution in [2.24, 2.45) is 0 Å². The lowest BCUT2D eigenvalue weighted by Crippen LogP contribution is -2.22. The molecule has 0 radical (unpaired) electrons. The van der Waals surface area contributed by atoms with E-state index in [0.717, 1.165) is 33.3 Å². The van der Waals surface area contributed by atoms with Gasteiger partial charge in [-0.15, -0.1) is 10.2 Å². The Bertz CT molecular complexity index is 1650. The molecule has 0 atom stereocenters. The van der Waals surface area contributed by atoms with Gasteiger partial charge in [0.05, 0.1) is 22.3 Å². The molecule has 0 fully saturated rings. The van der Waals surface area contributed by atoms with Crippen LogP contribution in [-0.4, -0.2) is 28.5 Å². The number of aromatic nitrogens is 6. The van der Waals surface area contributed by atoms with E-state index in [-0.39, 0.29) is 5.56 Å². The highest BCUT2D eigenvalue weighted by Gasteiger charge is 2.19. The number of nitrogens with zero attached hydrogens (tertiary/aromatic N) is 6. The van der Waals surface area contributed by atoms with Crippen LogP contribution < -0.4 is 5.56 Å². The summed E-state index contributed by atoms with van der Waals surface area (Å²) in [5.41, 5.74) is 4.35. The predicted octanol–water partition coefficient (Wildman–Crippen LogP) is 4.28. The summed E-state index contributed by atoms with van der Waals surface area (Å²) in [7, 11) is 0. The monoisotopic (exact) mass is 438 g/mol. The van der Waals surface area contributed by atoms with Crippen molar-refractivity contribution in [3.8, 4) is 5.69 Å². The molecule has 0 unspecified atom stereocenters. The molecule has 156 valence electrons. The van der Waals surface area contributed by atoms with Gasteiger partial charge in [-0.1, -0.05) is 48.2 Å². The molecule has 32 heavy (non-hydrogen) atoms. The van der Waals surface area contributed by atoms with Crippen LogP contribution in [0.1, 0.15) is 11.3 Å². The molecule has 0 saturated carbocycles. The van der Waals surface area contributed by atoms with Gasteiger partial charge in [-0.25, -0.2) is 9.55 Å². The average molecular weight is 439 g/mol. The zero-order valence-electron chi connectivity index (χ0n) is 17.2. The molecule has 0 N–H and O–H groups in total. The average Bonchev–Trinajstić information content (AvgIpc) is 3.43. The van der Waals surface area contributed by atoms with Crippen molar-refractivity contribution >= 4 is 34.1 Å². The van der Waals surface area contributed by atoms with Crippen LogP contribution in [0.15, 0.2) is 89.1 Å². The summed E-state index contributed by atoms with van der Waals surface area (Å²) in [6.07, 6.45) is 4.00. The van der Waals surface area contributed by atoms with Crippen molar-refractivity contribution < 1.29 is 0 Å². The lowest BCUT2D eigenvalue weighted by Gasteiger charge is -2.13. The van der Waals surface area contributed by atoms with Crippen LogP contribution in [0.3, 0.4) is 0 Å². The van der Waals surface area contributed by atoms with Crippen LogP contribution in [0.5, 0.6) is 0 Å². The fourth-order valence-electron chi connectivity index (χ4n) is 4.00. The Kier molecular flexibility index (Phi) is 4.32. The molecule has 0 bridgehead atoms. The van der Waals surface area contributed by atoms with E-state index in [1.54, 1.807) is 16.3 Å². The minimum atomic E-state index is -0.105. The van der Waals surface area contributed by atoms with Gasteiger partial charge in [0.2, 0.25) is 5.78 Å². The molecule has 8 heteroatoms. The molecule has 0 spiro atoms.